The molecule has 0 saturated carbocycles. The van der Waals surface area contributed by atoms with Crippen molar-refractivity contribution in [2.45, 2.75) is 11.3 Å². The molecule has 0 atom stereocenters. The lowest BCUT2D eigenvalue weighted by molar-refractivity contribution is -0.118. The molecule has 1 aliphatic rings. The molecule has 0 bridgehead atoms. The number of aryl methyl sites for hydroxylation is 1. The van der Waals surface area contributed by atoms with Crippen molar-refractivity contribution >= 4 is 21.4 Å². The van der Waals surface area contributed by atoms with E-state index in [1.807, 2.05) is 0 Å². The van der Waals surface area contributed by atoms with Crippen molar-refractivity contribution in [3.63, 3.8) is 0 Å². The Morgan fingerprint density at radius 3 is 2.78 bits per heavy atom. The smallest absolute Gasteiger partial charge is 0.233 e. The number of rotatable bonds is 3. The summed E-state index contributed by atoms with van der Waals surface area (Å²) in [6.07, 6.45) is 3.07. The summed E-state index contributed by atoms with van der Waals surface area (Å²) in [5.41, 5.74) is 1.16. The molecule has 1 amide bonds. The second-order valence-corrected chi connectivity index (χ2v) is 7.47. The van der Waals surface area contributed by atoms with E-state index in [1.165, 1.54) is 12.1 Å². The number of carbonyl (C=O) groups is 1. The van der Waals surface area contributed by atoms with Gasteiger partial charge in [-0.3, -0.25) is 9.48 Å². The number of sulfone groups is 1. The van der Waals surface area contributed by atoms with E-state index in [0.29, 0.717) is 30.3 Å². The molecular weight excluding hydrogens is 318 g/mol. The average Bonchev–Trinajstić information content (AvgIpc) is 2.90. The molecule has 2 heterocycles. The number of benzene rings is 1. The van der Waals surface area contributed by atoms with Crippen molar-refractivity contribution in [1.82, 2.24) is 9.78 Å². The summed E-state index contributed by atoms with van der Waals surface area (Å²) in [6, 6.07) is 6.35. The van der Waals surface area contributed by atoms with Gasteiger partial charge in [-0.25, -0.2) is 8.42 Å². The van der Waals surface area contributed by atoms with E-state index in [0.717, 1.165) is 6.26 Å². The first-order valence-corrected chi connectivity index (χ1v) is 8.99. The molecule has 23 heavy (non-hydrogen) atoms. The number of fused-ring (bicyclic) bond motifs is 1. The summed E-state index contributed by atoms with van der Waals surface area (Å²) in [5.74, 6) is 0.372. The maximum Gasteiger partial charge on any atom is 0.233 e. The van der Waals surface area contributed by atoms with Crippen LogP contribution in [0.2, 0.25) is 0 Å². The fourth-order valence-corrected chi connectivity index (χ4v) is 3.14. The first-order chi connectivity index (χ1) is 10.8. The summed E-state index contributed by atoms with van der Waals surface area (Å²) < 4.78 is 30.6. The highest BCUT2D eigenvalue weighted by Gasteiger charge is 2.25. The van der Waals surface area contributed by atoms with Crippen LogP contribution in [-0.2, 0) is 28.1 Å². The van der Waals surface area contributed by atoms with Gasteiger partial charge in [0, 0.05) is 19.5 Å². The van der Waals surface area contributed by atoms with Gasteiger partial charge in [0.2, 0.25) is 5.91 Å². The lowest BCUT2D eigenvalue weighted by Crippen LogP contribution is -2.39. The van der Waals surface area contributed by atoms with E-state index in [9.17, 15) is 13.2 Å². The first kappa shape index (κ1) is 15.5. The minimum Gasteiger partial charge on any atom is -0.490 e. The van der Waals surface area contributed by atoms with E-state index in [1.54, 1.807) is 35.0 Å². The van der Waals surface area contributed by atoms with Crippen LogP contribution in [0.5, 0.6) is 5.75 Å². The Labute approximate surface area is 134 Å². The van der Waals surface area contributed by atoms with Crippen LogP contribution in [-0.4, -0.2) is 43.5 Å². The van der Waals surface area contributed by atoms with Gasteiger partial charge in [0.1, 0.15) is 12.4 Å². The SMILES string of the molecule is Cn1ccc(CC(=O)N2CCOc3ccc(S(C)(=O)=O)cc32)n1. The number of ether oxygens (including phenoxy) is 1. The second kappa shape index (κ2) is 5.69. The second-order valence-electron chi connectivity index (χ2n) is 5.45. The quantitative estimate of drug-likeness (QED) is 0.828. The molecule has 122 valence electrons. The predicted molar refractivity (Wildman–Crippen MR) is 84.3 cm³/mol. The summed E-state index contributed by atoms with van der Waals surface area (Å²) in [5, 5.41) is 4.20. The highest BCUT2D eigenvalue weighted by Crippen LogP contribution is 2.34. The molecule has 1 aromatic carbocycles. The number of carbonyl (C=O) groups excluding carboxylic acids is 1. The summed E-state index contributed by atoms with van der Waals surface area (Å²) in [6.45, 7) is 0.755. The van der Waals surface area contributed by atoms with Crippen molar-refractivity contribution in [3.05, 3.63) is 36.2 Å². The van der Waals surface area contributed by atoms with Crippen LogP contribution >= 0.6 is 0 Å². The first-order valence-electron chi connectivity index (χ1n) is 7.10. The van der Waals surface area contributed by atoms with Crippen molar-refractivity contribution in [3.8, 4) is 5.75 Å². The van der Waals surface area contributed by atoms with Crippen molar-refractivity contribution in [2.24, 2.45) is 7.05 Å². The fourth-order valence-electron chi connectivity index (χ4n) is 2.50. The van der Waals surface area contributed by atoms with Gasteiger partial charge < -0.3 is 9.64 Å². The molecule has 0 radical (unpaired) electrons. The number of hydrogen-bond donors (Lipinski definition) is 0. The Kier molecular flexibility index (Phi) is 3.85. The number of anilines is 1. The molecule has 1 aliphatic heterocycles. The standard InChI is InChI=1S/C15H17N3O4S/c1-17-6-5-11(16-17)9-15(19)18-7-8-22-14-4-3-12(10-13(14)18)23(2,20)21/h3-6,10H,7-9H2,1-2H3. The molecule has 2 aromatic rings. The molecular formula is C15H17N3O4S. The van der Waals surface area contributed by atoms with E-state index in [-0.39, 0.29) is 17.2 Å². The van der Waals surface area contributed by atoms with Crippen molar-refractivity contribution < 1.29 is 17.9 Å². The Morgan fingerprint density at radius 1 is 1.35 bits per heavy atom. The van der Waals surface area contributed by atoms with Gasteiger partial charge in [-0.2, -0.15) is 5.10 Å². The average molecular weight is 335 g/mol. The van der Waals surface area contributed by atoms with Gasteiger partial charge in [-0.05, 0) is 24.3 Å². The normalized spacial score (nSPS) is 14.3. The largest absolute Gasteiger partial charge is 0.490 e. The highest BCUT2D eigenvalue weighted by molar-refractivity contribution is 7.90. The van der Waals surface area contributed by atoms with Crippen LogP contribution in [0.1, 0.15) is 5.69 Å². The van der Waals surface area contributed by atoms with E-state index in [2.05, 4.69) is 5.10 Å². The van der Waals surface area contributed by atoms with Crippen LogP contribution in [0, 0.1) is 0 Å². The molecule has 0 unspecified atom stereocenters. The highest BCUT2D eigenvalue weighted by atomic mass is 32.2. The van der Waals surface area contributed by atoms with Crippen molar-refractivity contribution in [1.29, 1.82) is 0 Å². The fraction of sp³-hybridized carbons (Fsp3) is 0.333. The predicted octanol–water partition coefficient (Wildman–Crippen LogP) is 0.792. The molecule has 0 spiro atoms. The Bertz CT molecular complexity index is 857. The van der Waals surface area contributed by atoms with Gasteiger partial charge in [0.15, 0.2) is 9.84 Å². The topological polar surface area (TPSA) is 81.5 Å². The third-order valence-electron chi connectivity index (χ3n) is 3.62. The van der Waals surface area contributed by atoms with E-state index >= 15 is 0 Å². The van der Waals surface area contributed by atoms with Gasteiger partial charge >= 0.3 is 0 Å². The summed E-state index contributed by atoms with van der Waals surface area (Å²) >= 11 is 0. The molecule has 0 saturated heterocycles. The van der Waals surface area contributed by atoms with Crippen LogP contribution in [0.15, 0.2) is 35.4 Å². The maximum absolute atomic E-state index is 12.6. The zero-order valence-corrected chi connectivity index (χ0v) is 13.7. The van der Waals surface area contributed by atoms with Gasteiger partial charge in [-0.1, -0.05) is 0 Å². The minimum absolute atomic E-state index is 0.140. The van der Waals surface area contributed by atoms with Crippen LogP contribution in [0.4, 0.5) is 5.69 Å². The Balaban J connectivity index is 1.92. The van der Waals surface area contributed by atoms with Gasteiger partial charge in [0.25, 0.3) is 0 Å². The summed E-state index contributed by atoms with van der Waals surface area (Å²) in [7, 11) is -1.56. The number of nitrogens with zero attached hydrogens (tertiary/aromatic N) is 3. The summed E-state index contributed by atoms with van der Waals surface area (Å²) in [4.78, 5) is 14.3. The molecule has 7 nitrogen and oxygen atoms in total. The van der Waals surface area contributed by atoms with Crippen LogP contribution < -0.4 is 9.64 Å². The Morgan fingerprint density at radius 2 is 2.13 bits per heavy atom. The molecule has 0 fully saturated rings. The minimum atomic E-state index is -3.35. The van der Waals surface area contributed by atoms with Gasteiger partial charge in [-0.15, -0.1) is 0 Å². The monoisotopic (exact) mass is 335 g/mol. The van der Waals surface area contributed by atoms with Gasteiger partial charge in [0.05, 0.1) is 29.2 Å². The lowest BCUT2D eigenvalue weighted by atomic mass is 10.2. The lowest BCUT2D eigenvalue weighted by Gasteiger charge is -2.29. The zero-order chi connectivity index (χ0) is 16.6. The Hall–Kier alpha value is -2.35. The third kappa shape index (κ3) is 3.21. The molecule has 1 aromatic heterocycles. The third-order valence-corrected chi connectivity index (χ3v) is 4.73. The number of aromatic nitrogens is 2. The zero-order valence-electron chi connectivity index (χ0n) is 12.9. The van der Waals surface area contributed by atoms with Crippen LogP contribution in [0.25, 0.3) is 0 Å². The van der Waals surface area contributed by atoms with E-state index in [4.69, 9.17) is 4.74 Å². The molecule has 0 N–H and O–H groups in total. The molecule has 8 heteroatoms. The van der Waals surface area contributed by atoms with Crippen molar-refractivity contribution in [2.75, 3.05) is 24.3 Å². The van der Waals surface area contributed by atoms with E-state index < -0.39 is 9.84 Å². The maximum atomic E-state index is 12.6. The number of hydrogen-bond acceptors (Lipinski definition) is 5. The number of amides is 1. The molecule has 3 rings (SSSR count). The van der Waals surface area contributed by atoms with Crippen LogP contribution in [0.3, 0.4) is 0 Å². The molecule has 0 aliphatic carbocycles.